The number of aliphatic hydroxyl groups excluding tert-OH is 1. The molecule has 1 amide bonds. The lowest BCUT2D eigenvalue weighted by Crippen LogP contribution is -2.35. The number of nitrogens with one attached hydrogen (secondary N) is 2. The van der Waals surface area contributed by atoms with E-state index in [1.165, 1.54) is 32.6 Å². The maximum atomic E-state index is 15.1. The fourth-order valence-electron chi connectivity index (χ4n) is 3.98. The molecule has 188 valence electrons. The van der Waals surface area contributed by atoms with Gasteiger partial charge in [-0.1, -0.05) is 0 Å². The smallest absolute Gasteiger partial charge is 0.249 e. The van der Waals surface area contributed by atoms with Crippen LogP contribution in [0.5, 0.6) is 11.5 Å². The molecule has 1 saturated heterocycles. The third-order valence-electron chi connectivity index (χ3n) is 5.80. The number of fused-ring (bicyclic) bond motifs is 1. The summed E-state index contributed by atoms with van der Waals surface area (Å²) < 4.78 is 27.2. The van der Waals surface area contributed by atoms with Crippen LogP contribution in [0.3, 0.4) is 0 Å². The van der Waals surface area contributed by atoms with E-state index >= 15 is 4.39 Å². The van der Waals surface area contributed by atoms with E-state index in [1.807, 2.05) is 0 Å². The second-order valence-corrected chi connectivity index (χ2v) is 8.14. The summed E-state index contributed by atoms with van der Waals surface area (Å²) in [6.07, 6.45) is 3.42. The first-order valence-electron chi connectivity index (χ1n) is 11.1. The van der Waals surface area contributed by atoms with Crippen molar-refractivity contribution >= 4 is 35.2 Å². The zero-order chi connectivity index (χ0) is 25.8. The summed E-state index contributed by atoms with van der Waals surface area (Å²) in [6, 6.07) is 5.81. The molecule has 3 N–H and O–H groups in total. The zero-order valence-electron chi connectivity index (χ0n) is 20.0. The second-order valence-electron chi connectivity index (χ2n) is 8.14. The van der Waals surface area contributed by atoms with E-state index in [2.05, 4.69) is 20.3 Å². The Morgan fingerprint density at radius 1 is 1.36 bits per heavy atom. The number of aliphatic hydroxyl groups is 1. The van der Waals surface area contributed by atoms with E-state index in [1.54, 1.807) is 36.2 Å². The maximum absolute atomic E-state index is 15.1. The number of carbonyl (C=O) groups is 1. The van der Waals surface area contributed by atoms with E-state index in [4.69, 9.17) is 19.9 Å². The molecule has 3 atom stereocenters. The molecule has 1 aliphatic rings. The third kappa shape index (κ3) is 4.93. The zero-order valence-corrected chi connectivity index (χ0v) is 20.0. The van der Waals surface area contributed by atoms with Gasteiger partial charge in [-0.3, -0.25) is 14.8 Å². The number of carbonyl (C=O) groups excluding carboxylic acids is 1. The Kier molecular flexibility index (Phi) is 7.34. The van der Waals surface area contributed by atoms with Gasteiger partial charge in [0.1, 0.15) is 28.5 Å². The van der Waals surface area contributed by atoms with E-state index in [9.17, 15) is 9.90 Å². The van der Waals surface area contributed by atoms with Gasteiger partial charge in [0.15, 0.2) is 17.2 Å². The van der Waals surface area contributed by atoms with Crippen LogP contribution in [-0.2, 0) is 11.3 Å². The number of hydrogen-bond acceptors (Lipinski definition) is 9. The third-order valence-corrected chi connectivity index (χ3v) is 5.80. The predicted molar refractivity (Wildman–Crippen MR) is 131 cm³/mol. The molecule has 1 fully saturated rings. The summed E-state index contributed by atoms with van der Waals surface area (Å²) in [7, 11) is 4.41. The van der Waals surface area contributed by atoms with Crippen LogP contribution in [0.2, 0.25) is 0 Å². The summed E-state index contributed by atoms with van der Waals surface area (Å²) in [5.74, 6) is -1.29. The molecule has 1 aromatic carbocycles. The van der Waals surface area contributed by atoms with E-state index in [0.717, 1.165) is 0 Å². The van der Waals surface area contributed by atoms with Crippen LogP contribution in [0.25, 0.3) is 11.2 Å². The molecule has 3 heterocycles. The summed E-state index contributed by atoms with van der Waals surface area (Å²) in [5, 5.41) is 20.4. The van der Waals surface area contributed by atoms with Crippen LogP contribution in [0, 0.1) is 11.2 Å². The van der Waals surface area contributed by atoms with E-state index in [-0.39, 0.29) is 24.4 Å². The van der Waals surface area contributed by atoms with Crippen molar-refractivity contribution in [2.24, 2.45) is 9.98 Å². The Bertz CT molecular complexity index is 1410. The highest BCUT2D eigenvalue weighted by molar-refractivity contribution is 5.88. The van der Waals surface area contributed by atoms with Crippen molar-refractivity contribution in [3.8, 4) is 11.5 Å². The first-order chi connectivity index (χ1) is 17.4. The molecule has 0 radical (unpaired) electrons. The van der Waals surface area contributed by atoms with Crippen LogP contribution < -0.4 is 20.3 Å². The fraction of sp³-hybridized carbons (Fsp3) is 0.333. The van der Waals surface area contributed by atoms with Gasteiger partial charge in [0.2, 0.25) is 5.91 Å². The molecular formula is C24H26FN7O4. The Labute approximate surface area is 205 Å². The number of nitrogens with zero attached hydrogens (tertiary/aromatic N) is 5. The molecule has 0 spiro atoms. The topological polar surface area (TPSA) is 147 Å². The van der Waals surface area contributed by atoms with Crippen molar-refractivity contribution in [2.45, 2.75) is 31.0 Å². The highest BCUT2D eigenvalue weighted by Gasteiger charge is 2.30. The van der Waals surface area contributed by atoms with Crippen molar-refractivity contribution in [3.63, 3.8) is 0 Å². The van der Waals surface area contributed by atoms with Crippen molar-refractivity contribution in [3.05, 3.63) is 47.5 Å². The van der Waals surface area contributed by atoms with Crippen LogP contribution >= 0.6 is 0 Å². The van der Waals surface area contributed by atoms with Crippen molar-refractivity contribution < 1.29 is 23.8 Å². The van der Waals surface area contributed by atoms with Crippen LogP contribution in [0.1, 0.15) is 18.0 Å². The molecule has 12 heteroatoms. The van der Waals surface area contributed by atoms with Crippen molar-refractivity contribution in [1.82, 2.24) is 19.9 Å². The molecule has 0 aliphatic carbocycles. The number of halogens is 1. The lowest BCUT2D eigenvalue weighted by atomic mass is 10.1. The summed E-state index contributed by atoms with van der Waals surface area (Å²) in [4.78, 5) is 29.6. The van der Waals surface area contributed by atoms with Gasteiger partial charge in [-0.2, -0.15) is 0 Å². The maximum Gasteiger partial charge on any atom is 0.249 e. The average Bonchev–Trinajstić information content (AvgIpc) is 3.21. The minimum Gasteiger partial charge on any atom is -0.497 e. The van der Waals surface area contributed by atoms with Gasteiger partial charge in [0.05, 0.1) is 32.0 Å². The van der Waals surface area contributed by atoms with Crippen LogP contribution in [-0.4, -0.2) is 71.4 Å². The molecule has 2 aromatic heterocycles. The number of ether oxygens (including phenoxy) is 2. The summed E-state index contributed by atoms with van der Waals surface area (Å²) in [5.41, 5.74) is 1.74. The predicted octanol–water partition coefficient (Wildman–Crippen LogP) is 1.50. The Morgan fingerprint density at radius 3 is 2.81 bits per heavy atom. The SMILES string of the molecule is CN=CC(C=N)c1cnc2ccc(=Nc3cc(OC)cc(OC)c3F)n(CC3CC(O)C(=O)N3)c2n1. The van der Waals surface area contributed by atoms with Gasteiger partial charge in [-0.05, 0) is 12.1 Å². The lowest BCUT2D eigenvalue weighted by molar-refractivity contribution is -0.126. The van der Waals surface area contributed by atoms with Gasteiger partial charge in [-0.25, -0.2) is 14.4 Å². The first-order valence-corrected chi connectivity index (χ1v) is 11.1. The highest BCUT2D eigenvalue weighted by Crippen LogP contribution is 2.32. The molecule has 4 rings (SSSR count). The number of methoxy groups -OCH3 is 2. The highest BCUT2D eigenvalue weighted by atomic mass is 19.1. The van der Waals surface area contributed by atoms with Gasteiger partial charge >= 0.3 is 0 Å². The number of hydrogen-bond donors (Lipinski definition) is 3. The Balaban J connectivity index is 1.95. The average molecular weight is 496 g/mol. The summed E-state index contributed by atoms with van der Waals surface area (Å²) >= 11 is 0. The molecule has 0 saturated carbocycles. The number of pyridine rings is 1. The van der Waals surface area contributed by atoms with Crippen molar-refractivity contribution in [2.75, 3.05) is 21.3 Å². The Morgan fingerprint density at radius 2 is 2.17 bits per heavy atom. The molecule has 1 aliphatic heterocycles. The van der Waals surface area contributed by atoms with Gasteiger partial charge in [-0.15, -0.1) is 0 Å². The molecule has 0 bridgehead atoms. The molecule has 36 heavy (non-hydrogen) atoms. The minimum absolute atomic E-state index is 0.0191. The van der Waals surface area contributed by atoms with E-state index < -0.39 is 29.8 Å². The molecule has 3 unspecified atom stereocenters. The number of amides is 1. The molecule has 3 aromatic rings. The lowest BCUT2D eigenvalue weighted by Gasteiger charge is -2.17. The van der Waals surface area contributed by atoms with E-state index in [0.29, 0.717) is 28.1 Å². The summed E-state index contributed by atoms with van der Waals surface area (Å²) in [6.45, 7) is 0.191. The second kappa shape index (κ2) is 10.6. The monoisotopic (exact) mass is 495 g/mol. The largest absolute Gasteiger partial charge is 0.497 e. The standard InChI is InChI=1S/C24H26FN7O4/c1-27-10-13(9-26)18-11-28-16-4-5-21(30-17-7-15(35-2)8-20(36-3)22(17)25)32(23(16)31-18)12-14-6-19(33)24(34)29-14/h4-5,7-11,13-14,19,26,33H,6,12H2,1-3H3,(H,29,34). The van der Waals surface area contributed by atoms with Crippen LogP contribution in [0.15, 0.2) is 40.4 Å². The van der Waals surface area contributed by atoms with Gasteiger partial charge < -0.3 is 29.9 Å². The van der Waals surface area contributed by atoms with Crippen molar-refractivity contribution in [1.29, 1.82) is 5.41 Å². The molecular weight excluding hydrogens is 469 g/mol. The van der Waals surface area contributed by atoms with Gasteiger partial charge in [0, 0.05) is 50.6 Å². The fourth-order valence-corrected chi connectivity index (χ4v) is 3.98. The van der Waals surface area contributed by atoms with Crippen LogP contribution in [0.4, 0.5) is 10.1 Å². The Hall–Kier alpha value is -4.19. The van der Waals surface area contributed by atoms with Gasteiger partial charge in [0.25, 0.3) is 0 Å². The number of rotatable bonds is 8. The number of benzene rings is 1. The number of aliphatic imine (C=N–C) groups is 1. The molecule has 11 nitrogen and oxygen atoms in total. The normalized spacial score (nSPS) is 19.0. The minimum atomic E-state index is -1.12. The first kappa shape index (κ1) is 24.9. The number of aromatic nitrogens is 3. The quantitative estimate of drug-likeness (QED) is 0.404.